The van der Waals surface area contributed by atoms with Crippen molar-refractivity contribution in [3.05, 3.63) is 97.2 Å². The van der Waals surface area contributed by atoms with Crippen LogP contribution < -0.4 is 5.11 Å². The molecule has 0 aromatic heterocycles. The Hall–Kier alpha value is -3.79. The number of unbranched alkanes of at least 4 members (excludes halogenated alkanes) is 30. The topological polar surface area (TPSA) is 111 Å². The zero-order valence-electron chi connectivity index (χ0n) is 53.1. The second kappa shape index (κ2) is 62.3. The summed E-state index contributed by atoms with van der Waals surface area (Å²) in [6.07, 6.45) is 81.9. The van der Waals surface area contributed by atoms with Crippen LogP contribution in [0.25, 0.3) is 0 Å². The summed E-state index contributed by atoms with van der Waals surface area (Å²) in [5.74, 6) is -2.29. The average Bonchev–Trinajstić information content (AvgIpc) is 3.44. The highest BCUT2D eigenvalue weighted by Gasteiger charge is 2.22. The number of aliphatic carboxylic acids is 1. The highest BCUT2D eigenvalue weighted by Crippen LogP contribution is 2.17. The van der Waals surface area contributed by atoms with Gasteiger partial charge in [-0.2, -0.15) is 0 Å². The third-order valence-electron chi connectivity index (χ3n) is 14.3. The van der Waals surface area contributed by atoms with Gasteiger partial charge in [-0.25, -0.2) is 0 Å². The van der Waals surface area contributed by atoms with Gasteiger partial charge in [0.1, 0.15) is 13.2 Å². The van der Waals surface area contributed by atoms with Crippen molar-refractivity contribution in [2.75, 3.05) is 47.5 Å². The number of carbonyl (C=O) groups excluding carboxylic acids is 3. The van der Waals surface area contributed by atoms with E-state index in [2.05, 4.69) is 111 Å². The van der Waals surface area contributed by atoms with Crippen molar-refractivity contribution in [3.63, 3.8) is 0 Å². The molecule has 0 spiro atoms. The van der Waals surface area contributed by atoms with E-state index in [0.29, 0.717) is 23.9 Å². The second-order valence-corrected chi connectivity index (χ2v) is 23.4. The maximum atomic E-state index is 12.9. The summed E-state index contributed by atoms with van der Waals surface area (Å²) in [7, 11) is 5.92. The van der Waals surface area contributed by atoms with Crippen molar-refractivity contribution in [3.8, 4) is 0 Å². The predicted octanol–water partition coefficient (Wildman–Crippen LogP) is 19.1. The minimum absolute atomic E-state index is 0.143. The molecule has 0 saturated heterocycles. The number of quaternary nitrogens is 1. The number of ether oxygens (including phenoxy) is 4. The minimum atomic E-state index is -1.63. The van der Waals surface area contributed by atoms with Crippen LogP contribution in [0.1, 0.15) is 284 Å². The van der Waals surface area contributed by atoms with Crippen LogP contribution in [0.4, 0.5) is 0 Å². The molecule has 2 unspecified atom stereocenters. The van der Waals surface area contributed by atoms with Gasteiger partial charge >= 0.3 is 11.9 Å². The fraction of sp³-hybridized carbons (Fsp3) is 0.736. The van der Waals surface area contributed by atoms with Crippen LogP contribution >= 0.6 is 0 Å². The number of likely N-dealkylation sites (N-methyl/N-ethyl adjacent to an activating group) is 1. The summed E-state index contributed by atoms with van der Waals surface area (Å²) >= 11 is 0. The van der Waals surface area contributed by atoms with Gasteiger partial charge in [0.05, 0.1) is 40.3 Å². The van der Waals surface area contributed by atoms with Gasteiger partial charge in [-0.1, -0.05) is 291 Å². The molecule has 0 aromatic carbocycles. The first-order valence-electron chi connectivity index (χ1n) is 33.4. The normalized spacial score (nSPS) is 13.3. The number of carbonyl (C=O) groups is 3. The van der Waals surface area contributed by atoms with E-state index in [4.69, 9.17) is 18.9 Å². The summed E-state index contributed by atoms with van der Waals surface area (Å²) in [5, 5.41) is 11.8. The largest absolute Gasteiger partial charge is 0.545 e. The summed E-state index contributed by atoms with van der Waals surface area (Å²) in [6, 6.07) is 0. The molecule has 0 rings (SSSR count). The molecular weight excluding hydrogens is 1010 g/mol. The third kappa shape index (κ3) is 63.6. The molecule has 466 valence electrons. The number of carboxylic acid groups (broad SMARTS) is 1. The second-order valence-electron chi connectivity index (χ2n) is 23.4. The lowest BCUT2D eigenvalue weighted by Crippen LogP contribution is -2.44. The Labute approximate surface area is 499 Å². The molecule has 9 heteroatoms. The van der Waals surface area contributed by atoms with E-state index in [-0.39, 0.29) is 32.2 Å². The highest BCUT2D eigenvalue weighted by molar-refractivity contribution is 5.70. The van der Waals surface area contributed by atoms with Crippen molar-refractivity contribution in [1.29, 1.82) is 0 Å². The Balaban J connectivity index is 4.19. The Morgan fingerprint density at radius 1 is 0.383 bits per heavy atom. The van der Waals surface area contributed by atoms with Crippen LogP contribution in [0, 0.1) is 0 Å². The Kier molecular flexibility index (Phi) is 59.3. The van der Waals surface area contributed by atoms with E-state index in [1.54, 1.807) is 0 Å². The molecule has 0 amide bonds. The average molecular weight is 1130 g/mol. The number of hydrogen-bond donors (Lipinski definition) is 0. The molecule has 0 bridgehead atoms. The lowest BCUT2D eigenvalue weighted by molar-refractivity contribution is -0.870. The van der Waals surface area contributed by atoms with E-state index in [1.165, 1.54) is 154 Å². The minimum Gasteiger partial charge on any atom is -0.545 e. The fourth-order valence-corrected chi connectivity index (χ4v) is 9.26. The van der Waals surface area contributed by atoms with Crippen LogP contribution in [0.3, 0.4) is 0 Å². The van der Waals surface area contributed by atoms with E-state index >= 15 is 0 Å². The molecule has 0 saturated carbocycles. The van der Waals surface area contributed by atoms with Crippen LogP contribution in [-0.4, -0.2) is 82.3 Å². The summed E-state index contributed by atoms with van der Waals surface area (Å²) in [6.45, 7) is 4.65. The van der Waals surface area contributed by atoms with Crippen molar-refractivity contribution >= 4 is 17.9 Å². The monoisotopic (exact) mass is 1130 g/mol. The van der Waals surface area contributed by atoms with Crippen LogP contribution in [-0.2, 0) is 33.3 Å². The first-order valence-corrected chi connectivity index (χ1v) is 33.4. The van der Waals surface area contributed by atoms with E-state index in [0.717, 1.165) is 96.3 Å². The van der Waals surface area contributed by atoms with Gasteiger partial charge in [-0.3, -0.25) is 9.59 Å². The molecule has 0 aromatic rings. The Bertz CT molecular complexity index is 1650. The molecule has 0 N–H and O–H groups in total. The zero-order valence-corrected chi connectivity index (χ0v) is 53.1. The van der Waals surface area contributed by atoms with Gasteiger partial charge in [0.15, 0.2) is 12.4 Å². The number of nitrogens with zero attached hydrogens (tertiary/aromatic N) is 1. The number of hydrogen-bond acceptors (Lipinski definition) is 8. The number of esters is 2. The summed E-state index contributed by atoms with van der Waals surface area (Å²) in [4.78, 5) is 37.4. The molecule has 0 fully saturated rings. The molecule has 0 radical (unpaired) electrons. The van der Waals surface area contributed by atoms with Gasteiger partial charge in [0.25, 0.3) is 0 Å². The molecular formula is C72H125NO8. The van der Waals surface area contributed by atoms with Gasteiger partial charge in [0.2, 0.25) is 0 Å². The lowest BCUT2D eigenvalue weighted by atomic mass is 10.0. The van der Waals surface area contributed by atoms with Crippen LogP contribution in [0.15, 0.2) is 97.2 Å². The van der Waals surface area contributed by atoms with E-state index in [1.807, 2.05) is 21.1 Å². The number of rotatable bonds is 61. The Morgan fingerprint density at radius 2 is 0.704 bits per heavy atom. The molecule has 2 atom stereocenters. The van der Waals surface area contributed by atoms with Gasteiger partial charge in [-0.05, 0) is 77.0 Å². The van der Waals surface area contributed by atoms with Gasteiger partial charge < -0.3 is 33.3 Å². The molecule has 0 aliphatic rings. The number of allylic oxidation sites excluding steroid dienone is 16. The van der Waals surface area contributed by atoms with E-state index in [9.17, 15) is 19.5 Å². The highest BCUT2D eigenvalue weighted by atomic mass is 16.7. The van der Waals surface area contributed by atoms with Crippen molar-refractivity contribution in [2.45, 2.75) is 296 Å². The van der Waals surface area contributed by atoms with Gasteiger partial charge in [-0.15, -0.1) is 0 Å². The molecule has 0 aliphatic heterocycles. The predicted molar refractivity (Wildman–Crippen MR) is 343 cm³/mol. The lowest BCUT2D eigenvalue weighted by Gasteiger charge is -2.26. The quantitative estimate of drug-likeness (QED) is 0.0195. The van der Waals surface area contributed by atoms with Crippen molar-refractivity contribution in [2.24, 2.45) is 0 Å². The number of carboxylic acids is 1. The van der Waals surface area contributed by atoms with E-state index < -0.39 is 24.3 Å². The molecule has 81 heavy (non-hydrogen) atoms. The van der Waals surface area contributed by atoms with Crippen molar-refractivity contribution < 1.29 is 42.9 Å². The van der Waals surface area contributed by atoms with Crippen molar-refractivity contribution in [1.82, 2.24) is 0 Å². The SMILES string of the molecule is CC/C=C\C/C=C\C/C=C\C/C=C\C/C=C\C/C=C\C/C=C\C/C=C\CCCCCCCCCCC(=O)OC(COC(=O)CCCCCCCCCCCCCCCCCCCCCCCCC)COC(OCC[N+](C)(C)C)C(=O)[O-]. The summed E-state index contributed by atoms with van der Waals surface area (Å²) in [5.41, 5.74) is 0. The molecule has 9 nitrogen and oxygen atoms in total. The fourth-order valence-electron chi connectivity index (χ4n) is 9.26. The maximum absolute atomic E-state index is 12.9. The summed E-state index contributed by atoms with van der Waals surface area (Å²) < 4.78 is 22.8. The van der Waals surface area contributed by atoms with Crippen LogP contribution in [0.2, 0.25) is 0 Å². The molecule has 0 heterocycles. The third-order valence-corrected chi connectivity index (χ3v) is 14.3. The van der Waals surface area contributed by atoms with Gasteiger partial charge in [0, 0.05) is 12.8 Å². The first-order chi connectivity index (χ1) is 39.6. The maximum Gasteiger partial charge on any atom is 0.306 e. The standard InChI is InChI=1S/C72H125NO8/c1-6-8-10-12-14-16-18-20-22-24-26-28-30-31-32-33-34-35-36-37-38-39-41-43-45-47-49-51-53-55-57-59-61-63-70(75)81-68(67-80-72(71(76)77)78-65-64-73(3,4)5)66-79-69(74)62-60-58-56-54-52-50-48-46-44-42-40-29-27-25-23-21-19-17-15-13-11-9-7-2/h8,10,14,16,20,22,26,28,31-32,34-35,37-38,41,43,68,72H,6-7,9,11-13,15,17-19,21,23-25,27,29-30,33,36,39-40,42,44-67H2,1-5H3/b10-8-,16-14-,22-20-,28-26-,32-31-,35-34-,38-37-,43-41-. The van der Waals surface area contributed by atoms with Crippen LogP contribution in [0.5, 0.6) is 0 Å². The smallest absolute Gasteiger partial charge is 0.306 e. The Morgan fingerprint density at radius 3 is 1.05 bits per heavy atom. The zero-order chi connectivity index (χ0) is 59.1. The first kappa shape index (κ1) is 77.2. The molecule has 0 aliphatic carbocycles.